The zero-order chi connectivity index (χ0) is 13.0. The van der Waals surface area contributed by atoms with E-state index in [1.807, 2.05) is 0 Å². The van der Waals surface area contributed by atoms with Crippen molar-refractivity contribution in [2.75, 3.05) is 0 Å². The molecule has 0 N–H and O–H groups in total. The van der Waals surface area contributed by atoms with Gasteiger partial charge in [-0.25, -0.2) is 4.39 Å². The smallest absolute Gasteiger partial charge is 0.387 e. The molecule has 6 heteroatoms. The van der Waals surface area contributed by atoms with Crippen LogP contribution in [0.1, 0.15) is 11.3 Å². The van der Waals surface area contributed by atoms with Gasteiger partial charge >= 0.3 is 6.61 Å². The molecule has 0 amide bonds. The third-order valence-electron chi connectivity index (χ3n) is 2.21. The molecule has 0 saturated carbocycles. The number of nitrogens with zero attached hydrogens (tertiary/aromatic N) is 2. The van der Waals surface area contributed by atoms with E-state index in [9.17, 15) is 13.2 Å². The lowest BCUT2D eigenvalue weighted by Crippen LogP contribution is -2.04. The molecule has 0 spiro atoms. The van der Waals surface area contributed by atoms with Crippen molar-refractivity contribution in [2.45, 2.75) is 13.0 Å². The highest BCUT2D eigenvalue weighted by atomic mass is 19.3. The summed E-state index contributed by atoms with van der Waals surface area (Å²) >= 11 is 0. The summed E-state index contributed by atoms with van der Waals surface area (Å²) in [5.41, 5.74) is 1.28. The Balaban J connectivity index is 2.19. The maximum absolute atomic E-state index is 13.2. The van der Waals surface area contributed by atoms with Crippen LogP contribution in [-0.4, -0.2) is 16.6 Å². The Labute approximate surface area is 101 Å². The number of aromatic nitrogens is 2. The van der Waals surface area contributed by atoms with Crippen LogP contribution in [0, 0.1) is 5.82 Å². The van der Waals surface area contributed by atoms with Crippen LogP contribution < -0.4 is 4.74 Å². The van der Waals surface area contributed by atoms with Crippen molar-refractivity contribution < 1.29 is 17.9 Å². The highest BCUT2D eigenvalue weighted by Crippen LogP contribution is 2.22. The molecule has 0 fully saturated rings. The van der Waals surface area contributed by atoms with Gasteiger partial charge in [0.05, 0.1) is 5.69 Å². The molecular formula is C12H9F3N2O. The van der Waals surface area contributed by atoms with Crippen molar-refractivity contribution in [1.29, 1.82) is 0 Å². The summed E-state index contributed by atoms with van der Waals surface area (Å²) in [7, 11) is 0. The molecule has 1 aromatic heterocycles. The van der Waals surface area contributed by atoms with E-state index in [1.54, 1.807) is 6.20 Å². The first-order valence-electron chi connectivity index (χ1n) is 5.13. The van der Waals surface area contributed by atoms with Gasteiger partial charge in [0.15, 0.2) is 11.6 Å². The highest BCUT2D eigenvalue weighted by Gasteiger charge is 2.11. The third-order valence-corrected chi connectivity index (χ3v) is 2.21. The number of alkyl halides is 2. The molecule has 1 heterocycles. The molecule has 2 aromatic rings. The average molecular weight is 254 g/mol. The van der Waals surface area contributed by atoms with Gasteiger partial charge in [0, 0.05) is 25.0 Å². The first-order chi connectivity index (χ1) is 8.65. The van der Waals surface area contributed by atoms with Crippen LogP contribution >= 0.6 is 0 Å². The Morgan fingerprint density at radius 1 is 1.22 bits per heavy atom. The Hall–Kier alpha value is -2.11. The van der Waals surface area contributed by atoms with Crippen LogP contribution in [0.2, 0.25) is 0 Å². The van der Waals surface area contributed by atoms with E-state index in [4.69, 9.17) is 0 Å². The fraction of sp³-hybridized carbons (Fsp3) is 0.167. The monoisotopic (exact) mass is 254 g/mol. The standard InChI is InChI=1S/C12H9F3N2O/c13-10-2-1-8(6-11(10)18-12(14)15)5-9-7-16-3-4-17-9/h1-4,6-7,12H,5H2. The third kappa shape index (κ3) is 3.19. The van der Waals surface area contributed by atoms with Crippen LogP contribution in [0.3, 0.4) is 0 Å². The van der Waals surface area contributed by atoms with Gasteiger partial charge < -0.3 is 4.74 Å². The molecule has 0 unspecified atom stereocenters. The van der Waals surface area contributed by atoms with Gasteiger partial charge in [-0.05, 0) is 17.7 Å². The minimum Gasteiger partial charge on any atom is -0.432 e. The predicted molar refractivity (Wildman–Crippen MR) is 57.9 cm³/mol. The van der Waals surface area contributed by atoms with Gasteiger partial charge in [-0.15, -0.1) is 0 Å². The van der Waals surface area contributed by atoms with E-state index >= 15 is 0 Å². The van der Waals surface area contributed by atoms with Crippen molar-refractivity contribution in [3.8, 4) is 5.75 Å². The second kappa shape index (κ2) is 5.48. The second-order valence-electron chi connectivity index (χ2n) is 3.52. The van der Waals surface area contributed by atoms with Gasteiger partial charge in [0.25, 0.3) is 0 Å². The molecule has 1 aromatic carbocycles. The molecule has 0 aliphatic heterocycles. The molecule has 94 valence electrons. The van der Waals surface area contributed by atoms with Crippen molar-refractivity contribution >= 4 is 0 Å². The molecule has 2 rings (SSSR count). The topological polar surface area (TPSA) is 35.0 Å². The van der Waals surface area contributed by atoms with E-state index in [1.165, 1.54) is 24.5 Å². The summed E-state index contributed by atoms with van der Waals surface area (Å²) in [6.45, 7) is -3.05. The molecule has 0 aliphatic rings. The predicted octanol–water partition coefficient (Wildman–Crippen LogP) is 2.81. The number of hydrogen-bond donors (Lipinski definition) is 0. The van der Waals surface area contributed by atoms with E-state index in [2.05, 4.69) is 14.7 Å². The Morgan fingerprint density at radius 3 is 2.72 bits per heavy atom. The van der Waals surface area contributed by atoms with Gasteiger partial charge in [0.2, 0.25) is 0 Å². The molecule has 0 aliphatic carbocycles. The highest BCUT2D eigenvalue weighted by molar-refractivity contribution is 5.32. The van der Waals surface area contributed by atoms with Gasteiger partial charge in [-0.3, -0.25) is 9.97 Å². The minimum absolute atomic E-state index is 0.369. The van der Waals surface area contributed by atoms with E-state index in [0.717, 1.165) is 6.07 Å². The molecule has 0 bridgehead atoms. The van der Waals surface area contributed by atoms with Gasteiger partial charge in [-0.1, -0.05) is 6.07 Å². The normalized spacial score (nSPS) is 10.7. The molecule has 0 radical (unpaired) electrons. The summed E-state index contributed by atoms with van der Waals surface area (Å²) < 4.78 is 41.4. The van der Waals surface area contributed by atoms with Crippen LogP contribution in [0.5, 0.6) is 5.75 Å². The van der Waals surface area contributed by atoms with E-state index < -0.39 is 18.2 Å². The van der Waals surface area contributed by atoms with Crippen molar-refractivity contribution in [3.05, 3.63) is 53.9 Å². The first-order valence-corrected chi connectivity index (χ1v) is 5.13. The number of halogens is 3. The molecular weight excluding hydrogens is 245 g/mol. The van der Waals surface area contributed by atoms with Crippen molar-refractivity contribution in [2.24, 2.45) is 0 Å². The van der Waals surface area contributed by atoms with Crippen LogP contribution in [0.25, 0.3) is 0 Å². The summed E-state index contributed by atoms with van der Waals surface area (Å²) in [6.07, 6.45) is 4.97. The van der Waals surface area contributed by atoms with Crippen LogP contribution in [-0.2, 0) is 6.42 Å². The Kier molecular flexibility index (Phi) is 3.76. The van der Waals surface area contributed by atoms with E-state index in [-0.39, 0.29) is 0 Å². The van der Waals surface area contributed by atoms with Gasteiger partial charge in [-0.2, -0.15) is 8.78 Å². The lowest BCUT2D eigenvalue weighted by molar-refractivity contribution is -0.0522. The Morgan fingerprint density at radius 2 is 2.06 bits per heavy atom. The van der Waals surface area contributed by atoms with Crippen LogP contribution in [0.4, 0.5) is 13.2 Å². The number of rotatable bonds is 4. The van der Waals surface area contributed by atoms with E-state index in [0.29, 0.717) is 17.7 Å². The lowest BCUT2D eigenvalue weighted by atomic mass is 10.1. The summed E-state index contributed by atoms with van der Waals surface area (Å²) in [5.74, 6) is -1.29. The second-order valence-corrected chi connectivity index (χ2v) is 3.52. The fourth-order valence-electron chi connectivity index (χ4n) is 1.47. The minimum atomic E-state index is -3.05. The number of hydrogen-bond acceptors (Lipinski definition) is 3. The maximum Gasteiger partial charge on any atom is 0.387 e. The molecule has 0 atom stereocenters. The van der Waals surface area contributed by atoms with Crippen molar-refractivity contribution in [1.82, 2.24) is 9.97 Å². The first kappa shape index (κ1) is 12.3. The van der Waals surface area contributed by atoms with Crippen LogP contribution in [0.15, 0.2) is 36.8 Å². The largest absolute Gasteiger partial charge is 0.432 e. The molecule has 18 heavy (non-hydrogen) atoms. The van der Waals surface area contributed by atoms with Crippen molar-refractivity contribution in [3.63, 3.8) is 0 Å². The fourth-order valence-corrected chi connectivity index (χ4v) is 1.47. The molecule has 0 saturated heterocycles. The quantitative estimate of drug-likeness (QED) is 0.841. The summed E-state index contributed by atoms with van der Waals surface area (Å²) in [4.78, 5) is 7.92. The zero-order valence-corrected chi connectivity index (χ0v) is 9.19. The summed E-state index contributed by atoms with van der Waals surface area (Å²) in [5, 5.41) is 0. The summed E-state index contributed by atoms with van der Waals surface area (Å²) in [6, 6.07) is 3.81. The molecule has 3 nitrogen and oxygen atoms in total. The number of benzene rings is 1. The lowest BCUT2D eigenvalue weighted by Gasteiger charge is -2.07. The Bertz CT molecular complexity index is 520. The zero-order valence-electron chi connectivity index (χ0n) is 9.19. The number of ether oxygens (including phenoxy) is 1. The average Bonchev–Trinajstić information content (AvgIpc) is 2.34. The SMILES string of the molecule is Fc1ccc(Cc2cnccn2)cc1OC(F)F. The maximum atomic E-state index is 13.2. The van der Waals surface area contributed by atoms with Gasteiger partial charge in [0.1, 0.15) is 0 Å².